The third-order valence-electron chi connectivity index (χ3n) is 5.35. The molecule has 4 rings (SSSR count). The average molecular weight is 412 g/mol. The SMILES string of the molecule is COc1ccccc1C1=C(N(C)Cc2ccccc2)C(=O)N(Cc2ccccc2)C1=O. The zero-order valence-corrected chi connectivity index (χ0v) is 17.6. The largest absolute Gasteiger partial charge is 0.496 e. The summed E-state index contributed by atoms with van der Waals surface area (Å²) in [6, 6.07) is 26.7. The maximum Gasteiger partial charge on any atom is 0.278 e. The molecule has 3 aromatic carbocycles. The van der Waals surface area contributed by atoms with E-state index in [4.69, 9.17) is 4.74 Å². The minimum absolute atomic E-state index is 0.222. The summed E-state index contributed by atoms with van der Waals surface area (Å²) in [4.78, 5) is 30.2. The lowest BCUT2D eigenvalue weighted by atomic mass is 10.0. The van der Waals surface area contributed by atoms with Crippen molar-refractivity contribution in [3.8, 4) is 5.75 Å². The van der Waals surface area contributed by atoms with E-state index >= 15 is 0 Å². The Morgan fingerprint density at radius 2 is 1.35 bits per heavy atom. The number of para-hydroxylation sites is 1. The van der Waals surface area contributed by atoms with E-state index in [1.165, 1.54) is 4.90 Å². The van der Waals surface area contributed by atoms with Gasteiger partial charge in [0.2, 0.25) is 0 Å². The number of benzene rings is 3. The van der Waals surface area contributed by atoms with Crippen LogP contribution in [0.1, 0.15) is 16.7 Å². The van der Waals surface area contributed by atoms with Crippen molar-refractivity contribution < 1.29 is 14.3 Å². The van der Waals surface area contributed by atoms with Gasteiger partial charge >= 0.3 is 0 Å². The standard InChI is InChI=1S/C26H24N2O3/c1-27(17-19-11-5-3-6-12-19)24-23(21-15-9-10-16-22(21)31-2)25(29)28(26(24)30)18-20-13-7-4-8-14-20/h3-16H,17-18H2,1-2H3. The number of likely N-dealkylation sites (N-methyl/N-ethyl adjacent to an activating group) is 1. The predicted molar refractivity (Wildman–Crippen MR) is 120 cm³/mol. The molecule has 3 aromatic rings. The molecule has 1 aliphatic heterocycles. The first-order valence-corrected chi connectivity index (χ1v) is 10.1. The van der Waals surface area contributed by atoms with E-state index in [1.54, 1.807) is 13.2 Å². The second-order valence-electron chi connectivity index (χ2n) is 7.45. The average Bonchev–Trinajstić information content (AvgIpc) is 3.05. The maximum atomic E-state index is 13.5. The van der Waals surface area contributed by atoms with E-state index in [0.29, 0.717) is 29.1 Å². The summed E-state index contributed by atoms with van der Waals surface area (Å²) in [6.45, 7) is 0.729. The van der Waals surface area contributed by atoms with E-state index < -0.39 is 0 Å². The molecule has 0 radical (unpaired) electrons. The van der Waals surface area contributed by atoms with Gasteiger partial charge in [-0.2, -0.15) is 0 Å². The number of ether oxygens (including phenoxy) is 1. The Balaban J connectivity index is 1.77. The molecule has 0 atom stereocenters. The summed E-state index contributed by atoms with van der Waals surface area (Å²) in [6.07, 6.45) is 0. The summed E-state index contributed by atoms with van der Waals surface area (Å²) >= 11 is 0. The number of nitrogens with zero attached hydrogens (tertiary/aromatic N) is 2. The van der Waals surface area contributed by atoms with Gasteiger partial charge in [-0.15, -0.1) is 0 Å². The van der Waals surface area contributed by atoms with Crippen LogP contribution in [0.15, 0.2) is 90.6 Å². The summed E-state index contributed by atoms with van der Waals surface area (Å²) in [5.74, 6) is -0.0488. The molecule has 5 nitrogen and oxygen atoms in total. The van der Waals surface area contributed by atoms with Gasteiger partial charge in [0.05, 0.1) is 19.2 Å². The van der Waals surface area contributed by atoms with Crippen LogP contribution in [0.25, 0.3) is 5.57 Å². The van der Waals surface area contributed by atoms with Crippen molar-refractivity contribution in [2.75, 3.05) is 14.2 Å². The van der Waals surface area contributed by atoms with Gasteiger partial charge in [0, 0.05) is 19.2 Å². The topological polar surface area (TPSA) is 49.9 Å². The molecule has 0 saturated carbocycles. The fourth-order valence-corrected chi connectivity index (χ4v) is 3.86. The highest BCUT2D eigenvalue weighted by Gasteiger charge is 2.41. The lowest BCUT2D eigenvalue weighted by molar-refractivity contribution is -0.138. The van der Waals surface area contributed by atoms with Crippen LogP contribution in [-0.4, -0.2) is 35.8 Å². The predicted octanol–water partition coefficient (Wildman–Crippen LogP) is 4.11. The first-order valence-electron chi connectivity index (χ1n) is 10.1. The van der Waals surface area contributed by atoms with Crippen molar-refractivity contribution in [1.82, 2.24) is 9.80 Å². The van der Waals surface area contributed by atoms with Crippen molar-refractivity contribution in [1.29, 1.82) is 0 Å². The van der Waals surface area contributed by atoms with Gasteiger partial charge in [0.25, 0.3) is 11.8 Å². The molecule has 1 aliphatic rings. The Bertz CT molecular complexity index is 1120. The highest BCUT2D eigenvalue weighted by Crippen LogP contribution is 2.36. The third kappa shape index (κ3) is 4.08. The maximum absolute atomic E-state index is 13.5. The third-order valence-corrected chi connectivity index (χ3v) is 5.35. The van der Waals surface area contributed by atoms with Crippen LogP contribution < -0.4 is 4.74 Å². The molecule has 2 amide bonds. The van der Waals surface area contributed by atoms with Crippen molar-refractivity contribution >= 4 is 17.4 Å². The minimum Gasteiger partial charge on any atom is -0.496 e. The number of imide groups is 1. The summed E-state index contributed by atoms with van der Waals surface area (Å²) in [5.41, 5.74) is 3.33. The van der Waals surface area contributed by atoms with Crippen molar-refractivity contribution in [3.05, 3.63) is 107 Å². The van der Waals surface area contributed by atoms with E-state index in [0.717, 1.165) is 11.1 Å². The molecule has 0 unspecified atom stereocenters. The Morgan fingerprint density at radius 3 is 2.00 bits per heavy atom. The Kier molecular flexibility index (Phi) is 5.85. The Labute approximate surface area is 182 Å². The van der Waals surface area contributed by atoms with Crippen LogP contribution in [0.3, 0.4) is 0 Å². The number of hydrogen-bond acceptors (Lipinski definition) is 4. The van der Waals surface area contributed by atoms with Crippen LogP contribution in [-0.2, 0) is 22.7 Å². The van der Waals surface area contributed by atoms with E-state index in [-0.39, 0.29) is 18.4 Å². The van der Waals surface area contributed by atoms with Gasteiger partial charge in [0.1, 0.15) is 11.4 Å². The Hall–Kier alpha value is -3.86. The zero-order chi connectivity index (χ0) is 21.8. The smallest absolute Gasteiger partial charge is 0.278 e. The second-order valence-corrected chi connectivity index (χ2v) is 7.45. The van der Waals surface area contributed by atoms with Crippen LogP contribution >= 0.6 is 0 Å². The fraction of sp³-hybridized carbons (Fsp3) is 0.154. The van der Waals surface area contributed by atoms with Gasteiger partial charge in [-0.25, -0.2) is 0 Å². The zero-order valence-electron chi connectivity index (χ0n) is 17.6. The second kappa shape index (κ2) is 8.88. The molecule has 31 heavy (non-hydrogen) atoms. The lowest BCUT2D eigenvalue weighted by Gasteiger charge is -2.22. The molecule has 0 N–H and O–H groups in total. The summed E-state index contributed by atoms with van der Waals surface area (Å²) < 4.78 is 5.51. The van der Waals surface area contributed by atoms with Crippen LogP contribution in [0.2, 0.25) is 0 Å². The van der Waals surface area contributed by atoms with E-state index in [2.05, 4.69) is 0 Å². The number of hydrogen-bond donors (Lipinski definition) is 0. The number of amides is 2. The Morgan fingerprint density at radius 1 is 0.774 bits per heavy atom. The van der Waals surface area contributed by atoms with Crippen LogP contribution in [0, 0.1) is 0 Å². The van der Waals surface area contributed by atoms with E-state index in [1.807, 2.05) is 90.8 Å². The first kappa shape index (κ1) is 20.4. The van der Waals surface area contributed by atoms with Gasteiger partial charge < -0.3 is 9.64 Å². The molecule has 5 heteroatoms. The molecule has 0 fully saturated rings. The highest BCUT2D eigenvalue weighted by molar-refractivity contribution is 6.35. The molecular formula is C26H24N2O3. The molecule has 0 saturated heterocycles. The van der Waals surface area contributed by atoms with Gasteiger partial charge in [-0.05, 0) is 17.2 Å². The van der Waals surface area contributed by atoms with Crippen molar-refractivity contribution in [2.45, 2.75) is 13.1 Å². The summed E-state index contributed by atoms with van der Waals surface area (Å²) in [5, 5.41) is 0. The molecule has 0 aliphatic carbocycles. The molecule has 1 heterocycles. The van der Waals surface area contributed by atoms with Gasteiger partial charge in [0.15, 0.2) is 0 Å². The number of carbonyl (C=O) groups excluding carboxylic acids is 2. The van der Waals surface area contributed by atoms with Crippen molar-refractivity contribution in [3.63, 3.8) is 0 Å². The normalized spacial score (nSPS) is 13.7. The number of carbonyl (C=O) groups is 2. The molecule has 0 bridgehead atoms. The van der Waals surface area contributed by atoms with Crippen LogP contribution in [0.5, 0.6) is 5.75 Å². The van der Waals surface area contributed by atoms with Gasteiger partial charge in [-0.1, -0.05) is 78.9 Å². The summed E-state index contributed by atoms with van der Waals surface area (Å²) in [7, 11) is 3.41. The van der Waals surface area contributed by atoms with Crippen molar-refractivity contribution in [2.24, 2.45) is 0 Å². The fourth-order valence-electron chi connectivity index (χ4n) is 3.86. The van der Waals surface area contributed by atoms with E-state index in [9.17, 15) is 9.59 Å². The highest BCUT2D eigenvalue weighted by atomic mass is 16.5. The first-order chi connectivity index (χ1) is 15.1. The molecule has 156 valence electrons. The lowest BCUT2D eigenvalue weighted by Crippen LogP contribution is -2.33. The van der Waals surface area contributed by atoms with Crippen LogP contribution in [0.4, 0.5) is 0 Å². The monoisotopic (exact) mass is 412 g/mol. The molecular weight excluding hydrogens is 388 g/mol. The van der Waals surface area contributed by atoms with Gasteiger partial charge in [-0.3, -0.25) is 14.5 Å². The quantitative estimate of drug-likeness (QED) is 0.548. The molecule has 0 aromatic heterocycles. The molecule has 0 spiro atoms. The minimum atomic E-state index is -0.312. The number of methoxy groups -OCH3 is 1. The number of rotatable bonds is 7.